The molecule has 1 aromatic rings. The average molecular weight is 191 g/mol. The lowest BCUT2D eigenvalue weighted by atomic mass is 10.2. The molecule has 3 heteroatoms. The molecule has 0 radical (unpaired) electrons. The molecule has 0 aliphatic heterocycles. The van der Waals surface area contributed by atoms with Crippen molar-refractivity contribution in [3.63, 3.8) is 0 Å². The second kappa shape index (κ2) is 4.04. The zero-order chi connectivity index (χ0) is 8.27. The molecule has 60 valence electrons. The average Bonchev–Trinajstić information content (AvgIpc) is 1.95. The van der Waals surface area contributed by atoms with Crippen LogP contribution in [0.1, 0.15) is 5.56 Å². The van der Waals surface area contributed by atoms with Crippen LogP contribution in [0, 0.1) is 5.82 Å². The summed E-state index contributed by atoms with van der Waals surface area (Å²) in [5.41, 5.74) is 1.09. The van der Waals surface area contributed by atoms with Crippen molar-refractivity contribution in [1.82, 2.24) is 0 Å². The molecule has 0 nitrogen and oxygen atoms in total. The molecule has 1 atom stereocenters. The van der Waals surface area contributed by atoms with Gasteiger partial charge in [-0.2, -0.15) is 0 Å². The predicted octanol–water partition coefficient (Wildman–Crippen LogP) is 2.11. The second-order valence-electron chi connectivity index (χ2n) is 2.28. The molecular weight excluding hydrogens is 182 g/mol. The van der Waals surface area contributed by atoms with Gasteiger partial charge in [-0.05, 0) is 29.4 Å². The lowest BCUT2D eigenvalue weighted by molar-refractivity contribution is 0.628. The van der Waals surface area contributed by atoms with Crippen LogP contribution in [0.15, 0.2) is 18.2 Å². The highest BCUT2D eigenvalue weighted by Gasteiger charge is 1.98. The SMILES string of the molecule is Fc1ccc(CCCl)c(P)c1. The van der Waals surface area contributed by atoms with Gasteiger partial charge in [0.1, 0.15) is 5.82 Å². The molecule has 0 spiro atoms. The van der Waals surface area contributed by atoms with Crippen LogP contribution in [-0.2, 0) is 6.42 Å². The molecule has 0 amide bonds. The molecule has 0 fully saturated rings. The van der Waals surface area contributed by atoms with Gasteiger partial charge in [-0.25, -0.2) is 4.39 Å². The third kappa shape index (κ3) is 2.43. The van der Waals surface area contributed by atoms with E-state index in [9.17, 15) is 4.39 Å². The molecule has 0 aliphatic carbocycles. The first-order chi connectivity index (χ1) is 5.24. The lowest BCUT2D eigenvalue weighted by Crippen LogP contribution is -2.02. The summed E-state index contributed by atoms with van der Waals surface area (Å²) in [6, 6.07) is 4.71. The number of hydrogen-bond donors (Lipinski definition) is 0. The number of hydrogen-bond acceptors (Lipinski definition) is 0. The molecular formula is C8H9ClFP. The highest BCUT2D eigenvalue weighted by molar-refractivity contribution is 7.27. The molecule has 1 aromatic carbocycles. The topological polar surface area (TPSA) is 0 Å². The van der Waals surface area contributed by atoms with Gasteiger partial charge in [0.2, 0.25) is 0 Å². The first-order valence-electron chi connectivity index (χ1n) is 3.34. The summed E-state index contributed by atoms with van der Waals surface area (Å²) in [5.74, 6) is 0.376. The summed E-state index contributed by atoms with van der Waals surface area (Å²) < 4.78 is 12.5. The van der Waals surface area contributed by atoms with Crippen molar-refractivity contribution >= 4 is 26.1 Å². The molecule has 0 aromatic heterocycles. The fourth-order valence-corrected chi connectivity index (χ4v) is 1.50. The predicted molar refractivity (Wildman–Crippen MR) is 50.2 cm³/mol. The number of rotatable bonds is 2. The van der Waals surface area contributed by atoms with Gasteiger partial charge in [0.05, 0.1) is 0 Å². The van der Waals surface area contributed by atoms with E-state index in [1.165, 1.54) is 12.1 Å². The summed E-state index contributed by atoms with van der Waals surface area (Å²) in [6.07, 6.45) is 0.792. The number of benzene rings is 1. The third-order valence-electron chi connectivity index (χ3n) is 1.47. The monoisotopic (exact) mass is 190 g/mol. The van der Waals surface area contributed by atoms with Crippen LogP contribution in [-0.4, -0.2) is 5.88 Å². The fourth-order valence-electron chi connectivity index (χ4n) is 0.895. The summed E-state index contributed by atoms with van der Waals surface area (Å²) in [4.78, 5) is 0. The van der Waals surface area contributed by atoms with Crippen molar-refractivity contribution < 1.29 is 4.39 Å². The van der Waals surface area contributed by atoms with Gasteiger partial charge in [0.25, 0.3) is 0 Å². The van der Waals surface area contributed by atoms with Crippen molar-refractivity contribution in [2.24, 2.45) is 0 Å². The Hall–Kier alpha value is -0.130. The van der Waals surface area contributed by atoms with Crippen LogP contribution >= 0.6 is 20.8 Å². The Morgan fingerprint density at radius 3 is 2.73 bits per heavy atom. The Balaban J connectivity index is 2.90. The molecule has 0 aliphatic rings. The van der Waals surface area contributed by atoms with Gasteiger partial charge in [0, 0.05) is 5.88 Å². The largest absolute Gasteiger partial charge is 0.207 e. The molecule has 0 heterocycles. The van der Waals surface area contributed by atoms with E-state index in [4.69, 9.17) is 11.6 Å². The number of aryl methyl sites for hydroxylation is 1. The van der Waals surface area contributed by atoms with Crippen molar-refractivity contribution in [3.8, 4) is 0 Å². The minimum Gasteiger partial charge on any atom is -0.207 e. The van der Waals surface area contributed by atoms with Crippen LogP contribution in [0.2, 0.25) is 0 Å². The number of halogens is 2. The molecule has 1 rings (SSSR count). The van der Waals surface area contributed by atoms with Crippen molar-refractivity contribution in [1.29, 1.82) is 0 Å². The van der Waals surface area contributed by atoms with Crippen molar-refractivity contribution in [2.75, 3.05) is 5.88 Å². The van der Waals surface area contributed by atoms with Crippen LogP contribution in [0.3, 0.4) is 0 Å². The minimum atomic E-state index is -0.201. The minimum absolute atomic E-state index is 0.201. The summed E-state index contributed by atoms with van der Waals surface area (Å²) in [6.45, 7) is 0. The highest BCUT2D eigenvalue weighted by Crippen LogP contribution is 2.05. The quantitative estimate of drug-likeness (QED) is 0.495. The molecule has 0 saturated carbocycles. The number of alkyl halides is 1. The maximum atomic E-state index is 12.5. The standard InChI is InChI=1S/C8H9ClFP/c9-4-3-6-1-2-7(10)5-8(6)11/h1-2,5H,3-4,11H2. The van der Waals surface area contributed by atoms with E-state index in [0.717, 1.165) is 17.3 Å². The Kier molecular flexibility index (Phi) is 3.29. The van der Waals surface area contributed by atoms with E-state index in [1.807, 2.05) is 0 Å². The van der Waals surface area contributed by atoms with Gasteiger partial charge >= 0.3 is 0 Å². The van der Waals surface area contributed by atoms with E-state index in [2.05, 4.69) is 9.24 Å². The molecule has 0 saturated heterocycles. The maximum Gasteiger partial charge on any atom is 0.123 e. The lowest BCUT2D eigenvalue weighted by Gasteiger charge is -2.01. The van der Waals surface area contributed by atoms with Crippen molar-refractivity contribution in [3.05, 3.63) is 29.6 Å². The molecule has 11 heavy (non-hydrogen) atoms. The Bertz CT molecular complexity index is 250. The van der Waals surface area contributed by atoms with E-state index in [-0.39, 0.29) is 5.82 Å². The van der Waals surface area contributed by atoms with Gasteiger partial charge < -0.3 is 0 Å². The fraction of sp³-hybridized carbons (Fsp3) is 0.250. The smallest absolute Gasteiger partial charge is 0.123 e. The summed E-state index contributed by atoms with van der Waals surface area (Å²) in [7, 11) is 2.50. The van der Waals surface area contributed by atoms with Gasteiger partial charge in [-0.15, -0.1) is 20.8 Å². The molecule has 1 unspecified atom stereocenters. The van der Waals surface area contributed by atoms with E-state index < -0.39 is 0 Å². The van der Waals surface area contributed by atoms with Crippen LogP contribution in [0.25, 0.3) is 0 Å². The highest BCUT2D eigenvalue weighted by atomic mass is 35.5. The maximum absolute atomic E-state index is 12.5. The second-order valence-corrected chi connectivity index (χ2v) is 3.28. The van der Waals surface area contributed by atoms with E-state index in [1.54, 1.807) is 6.07 Å². The third-order valence-corrected chi connectivity index (χ3v) is 2.20. The van der Waals surface area contributed by atoms with Crippen LogP contribution in [0.4, 0.5) is 4.39 Å². The van der Waals surface area contributed by atoms with Gasteiger partial charge in [0.15, 0.2) is 0 Å². The normalized spacial score (nSPS) is 10.1. The first-order valence-corrected chi connectivity index (χ1v) is 4.45. The molecule has 0 N–H and O–H groups in total. The summed E-state index contributed by atoms with van der Waals surface area (Å²) in [5, 5.41) is 0.894. The van der Waals surface area contributed by atoms with Gasteiger partial charge in [-0.3, -0.25) is 0 Å². The summed E-state index contributed by atoms with van der Waals surface area (Å²) >= 11 is 5.54. The molecule has 0 bridgehead atoms. The zero-order valence-electron chi connectivity index (χ0n) is 5.98. The zero-order valence-corrected chi connectivity index (χ0v) is 7.89. The Labute approximate surface area is 73.0 Å². The first kappa shape index (κ1) is 8.96. The Morgan fingerprint density at radius 2 is 2.18 bits per heavy atom. The van der Waals surface area contributed by atoms with Crippen LogP contribution < -0.4 is 5.30 Å². The van der Waals surface area contributed by atoms with Crippen LogP contribution in [0.5, 0.6) is 0 Å². The Morgan fingerprint density at radius 1 is 1.45 bits per heavy atom. The van der Waals surface area contributed by atoms with Gasteiger partial charge in [-0.1, -0.05) is 6.07 Å². The van der Waals surface area contributed by atoms with E-state index in [0.29, 0.717) is 5.88 Å². The van der Waals surface area contributed by atoms with Crippen molar-refractivity contribution in [2.45, 2.75) is 6.42 Å². The van der Waals surface area contributed by atoms with E-state index >= 15 is 0 Å².